The summed E-state index contributed by atoms with van der Waals surface area (Å²) in [4.78, 5) is 12.3. The SMILES string of the molecule is CCNC1(C(=O)OCC)CCCC(CC(C)C)C1. The summed E-state index contributed by atoms with van der Waals surface area (Å²) in [7, 11) is 0. The fourth-order valence-corrected chi connectivity index (χ4v) is 3.28. The number of carbonyl (C=O) groups excluding carboxylic acids is 1. The van der Waals surface area contributed by atoms with Gasteiger partial charge in [-0.3, -0.25) is 4.79 Å². The first-order chi connectivity index (χ1) is 8.54. The fraction of sp³-hybridized carbons (Fsp3) is 0.933. The second kappa shape index (κ2) is 7.13. The predicted molar refractivity (Wildman–Crippen MR) is 74.5 cm³/mol. The second-order valence-corrected chi connectivity index (χ2v) is 5.92. The van der Waals surface area contributed by atoms with Gasteiger partial charge in [-0.2, -0.15) is 0 Å². The van der Waals surface area contributed by atoms with Crippen LogP contribution in [0.2, 0.25) is 0 Å². The normalized spacial score (nSPS) is 28.4. The molecule has 0 aromatic heterocycles. The van der Waals surface area contributed by atoms with Gasteiger partial charge in [0.05, 0.1) is 6.61 Å². The standard InChI is InChI=1S/C15H29NO2/c1-5-16-15(14(17)18-6-2)9-7-8-13(11-15)10-12(3)4/h12-13,16H,5-11H2,1-4H3. The van der Waals surface area contributed by atoms with Gasteiger partial charge < -0.3 is 10.1 Å². The number of rotatable bonds is 6. The van der Waals surface area contributed by atoms with Gasteiger partial charge in [0.2, 0.25) is 0 Å². The average molecular weight is 255 g/mol. The lowest BCUT2D eigenvalue weighted by atomic mass is 9.73. The molecule has 0 spiro atoms. The molecule has 0 bridgehead atoms. The number of ether oxygens (including phenoxy) is 1. The van der Waals surface area contributed by atoms with E-state index in [0.717, 1.165) is 25.8 Å². The molecule has 1 saturated carbocycles. The molecule has 1 N–H and O–H groups in total. The molecule has 1 fully saturated rings. The minimum Gasteiger partial charge on any atom is -0.465 e. The highest BCUT2D eigenvalue weighted by atomic mass is 16.5. The van der Waals surface area contributed by atoms with Crippen LogP contribution in [0.15, 0.2) is 0 Å². The highest BCUT2D eigenvalue weighted by molar-refractivity contribution is 5.81. The summed E-state index contributed by atoms with van der Waals surface area (Å²) < 4.78 is 5.29. The summed E-state index contributed by atoms with van der Waals surface area (Å²) in [6.45, 7) is 9.76. The largest absolute Gasteiger partial charge is 0.465 e. The van der Waals surface area contributed by atoms with E-state index in [1.54, 1.807) is 0 Å². The Morgan fingerprint density at radius 3 is 2.72 bits per heavy atom. The van der Waals surface area contributed by atoms with Gasteiger partial charge in [0.1, 0.15) is 5.54 Å². The maximum atomic E-state index is 12.3. The minimum absolute atomic E-state index is 0.0414. The van der Waals surface area contributed by atoms with Crippen molar-refractivity contribution in [1.82, 2.24) is 5.32 Å². The van der Waals surface area contributed by atoms with Crippen molar-refractivity contribution in [3.63, 3.8) is 0 Å². The van der Waals surface area contributed by atoms with E-state index in [1.807, 2.05) is 6.92 Å². The molecule has 0 heterocycles. The van der Waals surface area contributed by atoms with Crippen LogP contribution in [0.3, 0.4) is 0 Å². The number of nitrogens with one attached hydrogen (secondary N) is 1. The van der Waals surface area contributed by atoms with Crippen LogP contribution in [0.5, 0.6) is 0 Å². The van der Waals surface area contributed by atoms with Crippen molar-refractivity contribution in [2.24, 2.45) is 11.8 Å². The highest BCUT2D eigenvalue weighted by Crippen LogP contribution is 2.36. The first-order valence-electron chi connectivity index (χ1n) is 7.46. The summed E-state index contributed by atoms with van der Waals surface area (Å²) in [5, 5.41) is 3.41. The third-order valence-electron chi connectivity index (χ3n) is 3.84. The molecule has 0 saturated heterocycles. The van der Waals surface area contributed by atoms with Gasteiger partial charge in [-0.05, 0) is 44.6 Å². The Bertz CT molecular complexity index is 261. The zero-order chi connectivity index (χ0) is 13.6. The summed E-state index contributed by atoms with van der Waals surface area (Å²) >= 11 is 0. The summed E-state index contributed by atoms with van der Waals surface area (Å²) in [6.07, 6.45) is 5.46. The molecule has 0 aromatic rings. The summed E-state index contributed by atoms with van der Waals surface area (Å²) in [5.41, 5.74) is -0.414. The third-order valence-corrected chi connectivity index (χ3v) is 3.84. The van der Waals surface area contributed by atoms with Crippen LogP contribution in [0.25, 0.3) is 0 Å². The fourth-order valence-electron chi connectivity index (χ4n) is 3.28. The monoisotopic (exact) mass is 255 g/mol. The van der Waals surface area contributed by atoms with E-state index in [0.29, 0.717) is 18.4 Å². The van der Waals surface area contributed by atoms with Gasteiger partial charge in [0.15, 0.2) is 0 Å². The van der Waals surface area contributed by atoms with Crippen molar-refractivity contribution in [3.8, 4) is 0 Å². The molecule has 0 radical (unpaired) electrons. The number of likely N-dealkylation sites (N-methyl/N-ethyl adjacent to an activating group) is 1. The summed E-state index contributed by atoms with van der Waals surface area (Å²) in [6, 6.07) is 0. The predicted octanol–water partition coefficient (Wildman–Crippen LogP) is 3.13. The van der Waals surface area contributed by atoms with Crippen LogP contribution in [-0.4, -0.2) is 24.7 Å². The molecule has 0 aliphatic heterocycles. The Kier molecular flexibility index (Phi) is 6.13. The Morgan fingerprint density at radius 2 is 2.17 bits per heavy atom. The lowest BCUT2D eigenvalue weighted by Gasteiger charge is -2.40. The zero-order valence-electron chi connectivity index (χ0n) is 12.4. The van der Waals surface area contributed by atoms with Crippen molar-refractivity contribution in [3.05, 3.63) is 0 Å². The Hall–Kier alpha value is -0.570. The van der Waals surface area contributed by atoms with Gasteiger partial charge in [0, 0.05) is 0 Å². The Morgan fingerprint density at radius 1 is 1.44 bits per heavy atom. The van der Waals surface area contributed by atoms with E-state index in [4.69, 9.17) is 4.74 Å². The molecule has 1 aliphatic carbocycles. The van der Waals surface area contributed by atoms with Crippen LogP contribution in [0, 0.1) is 11.8 Å². The van der Waals surface area contributed by atoms with Crippen LogP contribution < -0.4 is 5.32 Å². The first kappa shape index (κ1) is 15.5. The topological polar surface area (TPSA) is 38.3 Å². The number of hydrogen-bond donors (Lipinski definition) is 1. The maximum Gasteiger partial charge on any atom is 0.326 e. The first-order valence-corrected chi connectivity index (χ1v) is 7.46. The van der Waals surface area contributed by atoms with E-state index in [1.165, 1.54) is 12.8 Å². The molecule has 3 nitrogen and oxygen atoms in total. The quantitative estimate of drug-likeness (QED) is 0.741. The molecule has 1 aliphatic rings. The Labute approximate surface area is 112 Å². The van der Waals surface area contributed by atoms with Crippen molar-refractivity contribution < 1.29 is 9.53 Å². The summed E-state index contributed by atoms with van der Waals surface area (Å²) in [5.74, 6) is 1.32. The van der Waals surface area contributed by atoms with Crippen LogP contribution >= 0.6 is 0 Å². The van der Waals surface area contributed by atoms with Gasteiger partial charge in [-0.25, -0.2) is 0 Å². The van der Waals surface area contributed by atoms with Gasteiger partial charge in [0.25, 0.3) is 0 Å². The van der Waals surface area contributed by atoms with Crippen molar-refractivity contribution in [2.45, 2.75) is 65.3 Å². The van der Waals surface area contributed by atoms with E-state index in [2.05, 4.69) is 26.1 Å². The molecule has 3 heteroatoms. The molecule has 106 valence electrons. The zero-order valence-corrected chi connectivity index (χ0v) is 12.4. The van der Waals surface area contributed by atoms with E-state index in [9.17, 15) is 4.79 Å². The molecule has 18 heavy (non-hydrogen) atoms. The van der Waals surface area contributed by atoms with Gasteiger partial charge >= 0.3 is 5.97 Å². The lowest BCUT2D eigenvalue weighted by Crippen LogP contribution is -2.55. The van der Waals surface area contributed by atoms with E-state index in [-0.39, 0.29) is 5.97 Å². The number of hydrogen-bond acceptors (Lipinski definition) is 3. The van der Waals surface area contributed by atoms with Gasteiger partial charge in [-0.15, -0.1) is 0 Å². The second-order valence-electron chi connectivity index (χ2n) is 5.92. The molecule has 2 atom stereocenters. The maximum absolute atomic E-state index is 12.3. The smallest absolute Gasteiger partial charge is 0.326 e. The Balaban J connectivity index is 2.73. The minimum atomic E-state index is -0.414. The lowest BCUT2D eigenvalue weighted by molar-refractivity contribution is -0.153. The van der Waals surface area contributed by atoms with E-state index < -0.39 is 5.54 Å². The third kappa shape index (κ3) is 3.98. The van der Waals surface area contributed by atoms with Gasteiger partial charge in [-0.1, -0.05) is 33.6 Å². The van der Waals surface area contributed by atoms with Crippen LogP contribution in [0.4, 0.5) is 0 Å². The molecular weight excluding hydrogens is 226 g/mol. The number of carbonyl (C=O) groups is 1. The molecular formula is C15H29NO2. The van der Waals surface area contributed by atoms with Crippen molar-refractivity contribution in [2.75, 3.05) is 13.2 Å². The average Bonchev–Trinajstić information content (AvgIpc) is 2.29. The molecule has 0 amide bonds. The van der Waals surface area contributed by atoms with E-state index >= 15 is 0 Å². The molecule has 0 aromatic carbocycles. The van der Waals surface area contributed by atoms with Crippen LogP contribution in [0.1, 0.15) is 59.8 Å². The van der Waals surface area contributed by atoms with Crippen molar-refractivity contribution in [1.29, 1.82) is 0 Å². The van der Waals surface area contributed by atoms with Crippen LogP contribution in [-0.2, 0) is 9.53 Å². The van der Waals surface area contributed by atoms with Crippen molar-refractivity contribution >= 4 is 5.97 Å². The number of esters is 1. The molecule has 2 unspecified atom stereocenters. The highest BCUT2D eigenvalue weighted by Gasteiger charge is 2.43. The molecule has 1 rings (SSSR count).